The molecule has 0 heterocycles. The number of hydrogen-bond donors (Lipinski definition) is 1. The van der Waals surface area contributed by atoms with Crippen LogP contribution in [-0.2, 0) is 16.6 Å². The average molecular weight is 453 g/mol. The Labute approximate surface area is 183 Å². The number of benzene rings is 2. The smallest absolute Gasteiger partial charge is 0.251 e. The SMILES string of the molecule is CCCCC(CC)CNC(=O)c1ccc(CN(c2ccc(F)c(F)c2)S(C)(=O)=O)cc1. The Morgan fingerprint density at radius 3 is 2.29 bits per heavy atom. The molecule has 1 amide bonds. The summed E-state index contributed by atoms with van der Waals surface area (Å²) < 4.78 is 52.2. The minimum absolute atomic E-state index is 0.0286. The van der Waals surface area contributed by atoms with Gasteiger partial charge in [0.2, 0.25) is 10.0 Å². The number of unbranched alkanes of at least 4 members (excludes halogenated alkanes) is 1. The van der Waals surface area contributed by atoms with Gasteiger partial charge in [0.15, 0.2) is 11.6 Å². The normalized spacial score (nSPS) is 12.4. The van der Waals surface area contributed by atoms with E-state index < -0.39 is 21.7 Å². The van der Waals surface area contributed by atoms with Crippen molar-refractivity contribution < 1.29 is 22.0 Å². The van der Waals surface area contributed by atoms with Gasteiger partial charge in [-0.05, 0) is 42.2 Å². The van der Waals surface area contributed by atoms with Gasteiger partial charge in [-0.25, -0.2) is 17.2 Å². The molecule has 1 atom stereocenters. The van der Waals surface area contributed by atoms with Crippen LogP contribution in [0.3, 0.4) is 0 Å². The standard InChI is InChI=1S/C23H30F2N2O3S/c1-4-6-7-17(5-2)15-26-23(28)19-10-8-18(9-11-19)16-27(31(3,29)30)20-12-13-21(24)22(25)14-20/h8-14,17H,4-7,15-16H2,1-3H3,(H,26,28). The molecule has 31 heavy (non-hydrogen) atoms. The van der Waals surface area contributed by atoms with Gasteiger partial charge >= 0.3 is 0 Å². The van der Waals surface area contributed by atoms with E-state index in [4.69, 9.17) is 0 Å². The second-order valence-corrected chi connectivity index (χ2v) is 9.60. The number of sulfonamides is 1. The molecule has 0 spiro atoms. The van der Waals surface area contributed by atoms with Gasteiger partial charge in [0, 0.05) is 18.2 Å². The molecule has 2 rings (SSSR count). The van der Waals surface area contributed by atoms with Gasteiger partial charge in [0.25, 0.3) is 5.91 Å². The van der Waals surface area contributed by atoms with Crippen LogP contribution in [0.2, 0.25) is 0 Å². The molecule has 1 N–H and O–H groups in total. The van der Waals surface area contributed by atoms with Crippen molar-refractivity contribution in [2.24, 2.45) is 5.92 Å². The predicted octanol–water partition coefficient (Wildman–Crippen LogP) is 4.88. The summed E-state index contributed by atoms with van der Waals surface area (Å²) in [4.78, 5) is 12.4. The van der Waals surface area contributed by atoms with E-state index in [1.54, 1.807) is 24.3 Å². The lowest BCUT2D eigenvalue weighted by Crippen LogP contribution is -2.30. The van der Waals surface area contributed by atoms with Gasteiger partial charge in [-0.3, -0.25) is 9.10 Å². The fraction of sp³-hybridized carbons (Fsp3) is 0.435. The minimum Gasteiger partial charge on any atom is -0.352 e. The van der Waals surface area contributed by atoms with Gasteiger partial charge in [-0.1, -0.05) is 45.2 Å². The molecule has 0 saturated heterocycles. The number of anilines is 1. The third kappa shape index (κ3) is 7.31. The van der Waals surface area contributed by atoms with E-state index in [0.29, 0.717) is 23.6 Å². The number of hydrogen-bond acceptors (Lipinski definition) is 3. The number of carbonyl (C=O) groups excluding carboxylic acids is 1. The van der Waals surface area contributed by atoms with Gasteiger partial charge in [-0.15, -0.1) is 0 Å². The first kappa shape index (κ1) is 24.8. The van der Waals surface area contributed by atoms with E-state index >= 15 is 0 Å². The fourth-order valence-corrected chi connectivity index (χ4v) is 4.13. The van der Waals surface area contributed by atoms with Gasteiger partial charge < -0.3 is 5.32 Å². The highest BCUT2D eigenvalue weighted by Crippen LogP contribution is 2.23. The molecule has 170 valence electrons. The summed E-state index contributed by atoms with van der Waals surface area (Å²) in [5, 5.41) is 2.96. The second kappa shape index (κ2) is 11.2. The Morgan fingerprint density at radius 1 is 1.06 bits per heavy atom. The van der Waals surface area contributed by atoms with E-state index in [0.717, 1.165) is 48.4 Å². The van der Waals surface area contributed by atoms with Crippen LogP contribution in [-0.4, -0.2) is 27.1 Å². The van der Waals surface area contributed by atoms with Crippen LogP contribution in [0.5, 0.6) is 0 Å². The maximum atomic E-state index is 13.6. The van der Waals surface area contributed by atoms with E-state index in [9.17, 15) is 22.0 Å². The average Bonchev–Trinajstić information content (AvgIpc) is 2.73. The van der Waals surface area contributed by atoms with E-state index in [1.807, 2.05) is 0 Å². The largest absolute Gasteiger partial charge is 0.352 e. The molecule has 0 saturated carbocycles. The summed E-state index contributed by atoms with van der Waals surface area (Å²) in [7, 11) is -3.74. The maximum Gasteiger partial charge on any atom is 0.251 e. The summed E-state index contributed by atoms with van der Waals surface area (Å²) in [5.41, 5.74) is 1.12. The Hall–Kier alpha value is -2.48. The highest BCUT2D eigenvalue weighted by molar-refractivity contribution is 7.92. The van der Waals surface area contributed by atoms with Crippen LogP contribution in [0, 0.1) is 17.6 Å². The lowest BCUT2D eigenvalue weighted by molar-refractivity contribution is 0.0946. The third-order valence-corrected chi connectivity index (χ3v) is 6.37. The number of nitrogens with zero attached hydrogens (tertiary/aromatic N) is 1. The Bertz CT molecular complexity index is 979. The molecular formula is C23H30F2N2O3S. The van der Waals surface area contributed by atoms with E-state index in [-0.39, 0.29) is 18.1 Å². The summed E-state index contributed by atoms with van der Waals surface area (Å²) in [6.45, 7) is 4.81. The molecule has 0 aliphatic rings. The predicted molar refractivity (Wildman–Crippen MR) is 119 cm³/mol. The van der Waals surface area contributed by atoms with Crippen LogP contribution >= 0.6 is 0 Å². The van der Waals surface area contributed by atoms with Gasteiger partial charge in [-0.2, -0.15) is 0 Å². The highest BCUT2D eigenvalue weighted by atomic mass is 32.2. The second-order valence-electron chi connectivity index (χ2n) is 7.69. The van der Waals surface area contributed by atoms with Crippen molar-refractivity contribution in [3.63, 3.8) is 0 Å². The topological polar surface area (TPSA) is 66.5 Å². The molecule has 0 fully saturated rings. The number of amides is 1. The molecule has 0 radical (unpaired) electrons. The molecule has 0 aliphatic carbocycles. The van der Waals surface area contributed by atoms with E-state index in [1.165, 1.54) is 6.07 Å². The van der Waals surface area contributed by atoms with Gasteiger partial charge in [0.1, 0.15) is 0 Å². The molecule has 0 aliphatic heterocycles. The molecule has 8 heteroatoms. The third-order valence-electron chi connectivity index (χ3n) is 5.23. The van der Waals surface area contributed by atoms with Crippen LogP contribution in [0.1, 0.15) is 55.5 Å². The molecular weight excluding hydrogens is 422 g/mol. The quantitative estimate of drug-likeness (QED) is 0.529. The first-order chi connectivity index (χ1) is 14.7. The van der Waals surface area contributed by atoms with Crippen LogP contribution in [0.15, 0.2) is 42.5 Å². The molecule has 5 nitrogen and oxygen atoms in total. The molecule has 1 unspecified atom stereocenters. The lowest BCUT2D eigenvalue weighted by atomic mass is 9.99. The lowest BCUT2D eigenvalue weighted by Gasteiger charge is -2.22. The van der Waals surface area contributed by atoms with Crippen LogP contribution < -0.4 is 9.62 Å². The number of carbonyl (C=O) groups is 1. The van der Waals surface area contributed by atoms with Gasteiger partial charge in [0.05, 0.1) is 18.5 Å². The number of halogens is 2. The number of rotatable bonds is 11. The maximum absolute atomic E-state index is 13.6. The van der Waals surface area contributed by atoms with Crippen molar-refractivity contribution in [2.45, 2.75) is 46.1 Å². The van der Waals surface area contributed by atoms with Crippen molar-refractivity contribution in [2.75, 3.05) is 17.1 Å². The van der Waals surface area contributed by atoms with Crippen molar-refractivity contribution in [1.29, 1.82) is 0 Å². The number of nitrogens with one attached hydrogen (secondary N) is 1. The van der Waals surface area contributed by atoms with Crippen molar-refractivity contribution in [1.82, 2.24) is 5.32 Å². The first-order valence-corrected chi connectivity index (χ1v) is 12.3. The summed E-state index contributed by atoms with van der Waals surface area (Å²) in [6, 6.07) is 9.51. The minimum atomic E-state index is -3.74. The zero-order valence-corrected chi connectivity index (χ0v) is 19.0. The zero-order chi connectivity index (χ0) is 23.0. The van der Waals surface area contributed by atoms with Crippen molar-refractivity contribution in [3.05, 3.63) is 65.2 Å². The first-order valence-electron chi connectivity index (χ1n) is 10.5. The molecule has 0 aromatic heterocycles. The molecule has 2 aromatic rings. The summed E-state index contributed by atoms with van der Waals surface area (Å²) in [6.07, 6.45) is 5.35. The fourth-order valence-electron chi connectivity index (χ4n) is 3.25. The van der Waals surface area contributed by atoms with E-state index in [2.05, 4.69) is 19.2 Å². The molecule has 0 bridgehead atoms. The van der Waals surface area contributed by atoms with Crippen LogP contribution in [0.4, 0.5) is 14.5 Å². The zero-order valence-electron chi connectivity index (χ0n) is 18.2. The molecule has 2 aromatic carbocycles. The Balaban J connectivity index is 2.08. The van der Waals surface area contributed by atoms with Crippen LogP contribution in [0.25, 0.3) is 0 Å². The van der Waals surface area contributed by atoms with Crippen molar-refractivity contribution in [3.8, 4) is 0 Å². The summed E-state index contributed by atoms with van der Waals surface area (Å²) in [5.74, 6) is -1.90. The highest BCUT2D eigenvalue weighted by Gasteiger charge is 2.20. The van der Waals surface area contributed by atoms with Crippen molar-refractivity contribution >= 4 is 21.6 Å². The Morgan fingerprint density at radius 2 is 1.74 bits per heavy atom. The monoisotopic (exact) mass is 452 g/mol. The Kier molecular flexibility index (Phi) is 8.98. The summed E-state index contributed by atoms with van der Waals surface area (Å²) >= 11 is 0.